The molecule has 1 aliphatic rings. The SMILES string of the molecule is CC(=O)OC[C@H]1O[C@@H](Sc2sc(C(=O)c3ccccc3)c(N)c2C(=O)Nc2ccccc2)[C@H](OC(C)=O)[C@@H](OC(C)=O)[C@@H]1OC(C)=O. The van der Waals surface area contributed by atoms with Gasteiger partial charge in [0.2, 0.25) is 5.78 Å². The Kier molecular flexibility index (Phi) is 11.7. The molecule has 0 saturated carbocycles. The maximum atomic E-state index is 13.7. The Morgan fingerprint density at radius 2 is 1.34 bits per heavy atom. The number of nitrogens with two attached hydrogens (primary N) is 1. The molecule has 4 rings (SSSR count). The van der Waals surface area contributed by atoms with Crippen molar-refractivity contribution in [1.29, 1.82) is 0 Å². The Morgan fingerprint density at radius 1 is 0.787 bits per heavy atom. The lowest BCUT2D eigenvalue weighted by atomic mass is 9.99. The average molecular weight is 685 g/mol. The van der Waals surface area contributed by atoms with Gasteiger partial charge in [0.25, 0.3) is 5.91 Å². The smallest absolute Gasteiger partial charge is 0.303 e. The van der Waals surface area contributed by atoms with Crippen LogP contribution >= 0.6 is 23.1 Å². The zero-order valence-electron chi connectivity index (χ0n) is 25.8. The van der Waals surface area contributed by atoms with Gasteiger partial charge < -0.3 is 34.7 Å². The lowest BCUT2D eigenvalue weighted by Gasteiger charge is -2.44. The van der Waals surface area contributed by atoms with Crippen molar-refractivity contribution in [3.63, 3.8) is 0 Å². The number of ether oxygens (including phenoxy) is 5. The van der Waals surface area contributed by atoms with Crippen LogP contribution in [0.3, 0.4) is 0 Å². The summed E-state index contributed by atoms with van der Waals surface area (Å²) in [5.74, 6) is -4.08. The second kappa shape index (κ2) is 15.7. The van der Waals surface area contributed by atoms with Crippen molar-refractivity contribution < 1.29 is 52.5 Å². The number of thioether (sulfide) groups is 1. The molecule has 1 saturated heterocycles. The maximum absolute atomic E-state index is 13.7. The van der Waals surface area contributed by atoms with Crippen LogP contribution in [-0.2, 0) is 42.9 Å². The first-order valence-corrected chi connectivity index (χ1v) is 15.9. The molecule has 2 aromatic carbocycles. The minimum atomic E-state index is -1.42. The van der Waals surface area contributed by atoms with Crippen LogP contribution in [0.15, 0.2) is 64.9 Å². The van der Waals surface area contributed by atoms with Gasteiger partial charge in [-0.2, -0.15) is 0 Å². The number of para-hydroxylation sites is 1. The maximum Gasteiger partial charge on any atom is 0.303 e. The molecule has 15 heteroatoms. The van der Waals surface area contributed by atoms with Crippen molar-refractivity contribution in [2.24, 2.45) is 0 Å². The van der Waals surface area contributed by atoms with Gasteiger partial charge in [0, 0.05) is 38.9 Å². The number of ketones is 1. The second-order valence-electron chi connectivity index (χ2n) is 10.2. The molecular weight excluding hydrogens is 652 g/mol. The van der Waals surface area contributed by atoms with Gasteiger partial charge in [-0.3, -0.25) is 28.8 Å². The topological polar surface area (TPSA) is 187 Å². The molecule has 3 aromatic rings. The summed E-state index contributed by atoms with van der Waals surface area (Å²) < 4.78 is 28.1. The van der Waals surface area contributed by atoms with Crippen molar-refractivity contribution >= 4 is 70.0 Å². The second-order valence-corrected chi connectivity index (χ2v) is 12.6. The summed E-state index contributed by atoms with van der Waals surface area (Å²) in [5.41, 5.74) is 5.90. The summed E-state index contributed by atoms with van der Waals surface area (Å²) in [4.78, 5) is 75.7. The molecule has 0 radical (unpaired) electrons. The van der Waals surface area contributed by atoms with Crippen LogP contribution in [0.4, 0.5) is 11.4 Å². The van der Waals surface area contributed by atoms with E-state index in [0.717, 1.165) is 43.9 Å². The quantitative estimate of drug-likeness (QED) is 0.168. The van der Waals surface area contributed by atoms with Crippen LogP contribution in [0.5, 0.6) is 0 Å². The van der Waals surface area contributed by atoms with E-state index in [1.54, 1.807) is 60.7 Å². The summed E-state index contributed by atoms with van der Waals surface area (Å²) >= 11 is 1.79. The minimum Gasteiger partial charge on any atom is -0.463 e. The predicted octanol–water partition coefficient (Wildman–Crippen LogP) is 3.99. The number of anilines is 2. The van der Waals surface area contributed by atoms with E-state index in [1.807, 2.05) is 0 Å². The molecular formula is C32H32N2O11S2. The summed E-state index contributed by atoms with van der Waals surface area (Å²) in [6.07, 6.45) is -5.39. The first-order valence-electron chi connectivity index (χ1n) is 14.2. The molecule has 3 N–H and O–H groups in total. The Bertz CT molecular complexity index is 1650. The number of carbonyl (C=O) groups excluding carboxylic acids is 6. The predicted molar refractivity (Wildman–Crippen MR) is 171 cm³/mol. The molecule has 1 aliphatic heterocycles. The number of rotatable bonds is 11. The van der Waals surface area contributed by atoms with Crippen LogP contribution in [0.2, 0.25) is 0 Å². The summed E-state index contributed by atoms with van der Waals surface area (Å²) in [6, 6.07) is 16.9. The molecule has 0 spiro atoms. The van der Waals surface area contributed by atoms with Crippen molar-refractivity contribution in [2.75, 3.05) is 17.7 Å². The number of amides is 1. The van der Waals surface area contributed by atoms with Crippen LogP contribution < -0.4 is 11.1 Å². The summed E-state index contributed by atoms with van der Waals surface area (Å²) in [7, 11) is 0. The number of hydrogen-bond donors (Lipinski definition) is 2. The van der Waals surface area contributed by atoms with E-state index in [4.69, 9.17) is 29.4 Å². The zero-order chi connectivity index (χ0) is 34.2. The lowest BCUT2D eigenvalue weighted by molar-refractivity contribution is -0.237. The molecule has 1 fully saturated rings. The van der Waals surface area contributed by atoms with E-state index in [9.17, 15) is 28.8 Å². The highest BCUT2D eigenvalue weighted by Crippen LogP contribution is 2.45. The number of hydrogen-bond acceptors (Lipinski definition) is 14. The first kappa shape index (κ1) is 35.1. The molecule has 2 heterocycles. The molecule has 248 valence electrons. The van der Waals surface area contributed by atoms with Crippen LogP contribution in [-0.4, -0.2) is 72.0 Å². The highest BCUT2D eigenvalue weighted by molar-refractivity contribution is 8.01. The van der Waals surface area contributed by atoms with E-state index >= 15 is 0 Å². The number of esters is 4. The number of nitrogens with one attached hydrogen (secondary N) is 1. The first-order chi connectivity index (χ1) is 22.3. The summed E-state index contributed by atoms with van der Waals surface area (Å²) in [6.45, 7) is 4.09. The van der Waals surface area contributed by atoms with Crippen molar-refractivity contribution in [2.45, 2.75) is 61.8 Å². The minimum absolute atomic E-state index is 0.0454. The molecule has 1 aromatic heterocycles. The molecule has 0 bridgehead atoms. The van der Waals surface area contributed by atoms with Crippen LogP contribution in [0.25, 0.3) is 0 Å². The van der Waals surface area contributed by atoms with E-state index in [1.165, 1.54) is 6.92 Å². The molecule has 0 aliphatic carbocycles. The van der Waals surface area contributed by atoms with E-state index in [0.29, 0.717) is 11.3 Å². The monoisotopic (exact) mass is 684 g/mol. The largest absolute Gasteiger partial charge is 0.463 e. The van der Waals surface area contributed by atoms with E-state index in [-0.39, 0.29) is 20.3 Å². The normalized spacial score (nSPS) is 20.4. The Morgan fingerprint density at radius 3 is 1.91 bits per heavy atom. The Balaban J connectivity index is 1.82. The standard InChI is InChI=1S/C32H32N2O11S2/c1-16(35)41-15-22-26(42-17(2)36)27(43-18(3)37)28(44-19(4)38)31(45-22)47-32-23(30(40)34-21-13-9-6-10-14-21)24(33)29(46-32)25(39)20-11-7-5-8-12-20/h5-14,22,26-28,31H,15,33H2,1-4H3,(H,34,40)/t22-,26-,27+,28-,31+/m1/s1. The highest BCUT2D eigenvalue weighted by Gasteiger charge is 2.53. The van der Waals surface area contributed by atoms with Crippen LogP contribution in [0, 0.1) is 0 Å². The molecule has 47 heavy (non-hydrogen) atoms. The van der Waals surface area contributed by atoms with Crippen molar-refractivity contribution in [3.8, 4) is 0 Å². The third kappa shape index (κ3) is 8.96. The third-order valence-corrected chi connectivity index (χ3v) is 9.15. The van der Waals surface area contributed by atoms with Gasteiger partial charge in [-0.15, -0.1) is 11.3 Å². The summed E-state index contributed by atoms with van der Waals surface area (Å²) in [5, 5.41) is 2.77. The van der Waals surface area contributed by atoms with Gasteiger partial charge >= 0.3 is 23.9 Å². The Labute approximate surface area is 278 Å². The fourth-order valence-electron chi connectivity index (χ4n) is 4.71. The van der Waals surface area contributed by atoms with Gasteiger partial charge in [0.1, 0.15) is 18.1 Å². The van der Waals surface area contributed by atoms with Gasteiger partial charge in [0.05, 0.1) is 20.3 Å². The number of thiophene rings is 1. The lowest BCUT2D eigenvalue weighted by Crippen LogP contribution is -2.61. The van der Waals surface area contributed by atoms with Crippen LogP contribution in [0.1, 0.15) is 53.3 Å². The highest BCUT2D eigenvalue weighted by atomic mass is 32.2. The average Bonchev–Trinajstić information content (AvgIpc) is 3.34. The Hall–Kier alpha value is -4.73. The molecule has 1 amide bonds. The zero-order valence-corrected chi connectivity index (χ0v) is 27.4. The molecule has 13 nitrogen and oxygen atoms in total. The van der Waals surface area contributed by atoms with Gasteiger partial charge in [0.15, 0.2) is 18.3 Å². The number of benzene rings is 2. The fraction of sp³-hybridized carbons (Fsp3) is 0.312. The van der Waals surface area contributed by atoms with E-state index in [2.05, 4.69) is 5.32 Å². The van der Waals surface area contributed by atoms with Gasteiger partial charge in [-0.05, 0) is 12.1 Å². The van der Waals surface area contributed by atoms with Crippen molar-refractivity contribution in [3.05, 3.63) is 76.7 Å². The van der Waals surface area contributed by atoms with E-state index < -0.39 is 72.0 Å². The fourth-order valence-corrected chi connectivity index (χ4v) is 7.43. The number of nitrogen functional groups attached to an aromatic ring is 1. The van der Waals surface area contributed by atoms with Gasteiger partial charge in [-0.1, -0.05) is 60.3 Å². The third-order valence-electron chi connectivity index (χ3n) is 6.59. The molecule has 5 atom stereocenters. The molecule has 0 unspecified atom stereocenters. The number of carbonyl (C=O) groups is 6. The van der Waals surface area contributed by atoms with Crippen molar-refractivity contribution in [1.82, 2.24) is 0 Å². The van der Waals surface area contributed by atoms with Gasteiger partial charge in [-0.25, -0.2) is 0 Å².